The van der Waals surface area contributed by atoms with Crippen LogP contribution in [0.3, 0.4) is 0 Å². The van der Waals surface area contributed by atoms with E-state index < -0.39 is 6.09 Å². The van der Waals surface area contributed by atoms with E-state index in [1.807, 2.05) is 30.3 Å². The van der Waals surface area contributed by atoms with Gasteiger partial charge in [0, 0.05) is 6.54 Å². The molecule has 0 spiro atoms. The Morgan fingerprint density at radius 1 is 0.960 bits per heavy atom. The molecule has 0 atom stereocenters. The number of nitrogens with one attached hydrogen (secondary N) is 1. The first kappa shape index (κ1) is 17.8. The van der Waals surface area contributed by atoms with Crippen molar-refractivity contribution >= 4 is 23.7 Å². The molecule has 0 radical (unpaired) electrons. The van der Waals surface area contributed by atoms with E-state index in [1.165, 1.54) is 0 Å². The fourth-order valence-electron chi connectivity index (χ4n) is 1.93. The monoisotopic (exact) mass is 340 g/mol. The minimum absolute atomic E-state index is 0.0321. The summed E-state index contributed by atoms with van der Waals surface area (Å²) in [7, 11) is 0. The fourth-order valence-corrected chi connectivity index (χ4v) is 1.93. The number of amides is 1. The SMILES string of the molecule is NC(N)=NC(N)=Nc1ccc(CNC(=O)OCc2ccccc2)cc1. The molecule has 0 bridgehead atoms. The first-order valence-corrected chi connectivity index (χ1v) is 7.50. The fraction of sp³-hybridized carbons (Fsp3) is 0.118. The quantitative estimate of drug-likeness (QED) is 0.480. The maximum Gasteiger partial charge on any atom is 0.407 e. The van der Waals surface area contributed by atoms with Crippen LogP contribution in [-0.2, 0) is 17.9 Å². The lowest BCUT2D eigenvalue weighted by atomic mass is 10.2. The largest absolute Gasteiger partial charge is 0.445 e. The van der Waals surface area contributed by atoms with E-state index in [9.17, 15) is 4.79 Å². The van der Waals surface area contributed by atoms with Crippen LogP contribution in [0.25, 0.3) is 0 Å². The van der Waals surface area contributed by atoms with E-state index in [0.717, 1.165) is 11.1 Å². The number of aliphatic imine (C=N–C) groups is 2. The molecule has 0 saturated carbocycles. The molecule has 130 valence electrons. The number of benzene rings is 2. The van der Waals surface area contributed by atoms with Crippen molar-refractivity contribution < 1.29 is 9.53 Å². The number of nitrogens with two attached hydrogens (primary N) is 3. The molecule has 2 aromatic rings. The molecule has 25 heavy (non-hydrogen) atoms. The first-order valence-electron chi connectivity index (χ1n) is 7.50. The van der Waals surface area contributed by atoms with Gasteiger partial charge in [-0.15, -0.1) is 0 Å². The molecule has 0 fully saturated rings. The van der Waals surface area contributed by atoms with Crippen molar-refractivity contribution in [2.45, 2.75) is 13.2 Å². The van der Waals surface area contributed by atoms with Crippen molar-refractivity contribution in [1.82, 2.24) is 5.32 Å². The van der Waals surface area contributed by atoms with Crippen molar-refractivity contribution in [1.29, 1.82) is 0 Å². The number of alkyl carbamates (subject to hydrolysis) is 1. The van der Waals surface area contributed by atoms with E-state index >= 15 is 0 Å². The molecule has 8 nitrogen and oxygen atoms in total. The molecule has 0 aliphatic carbocycles. The second kappa shape index (κ2) is 8.92. The van der Waals surface area contributed by atoms with Crippen LogP contribution < -0.4 is 22.5 Å². The van der Waals surface area contributed by atoms with Gasteiger partial charge < -0.3 is 27.3 Å². The zero-order valence-corrected chi connectivity index (χ0v) is 13.6. The highest BCUT2D eigenvalue weighted by Gasteiger charge is 2.03. The summed E-state index contributed by atoms with van der Waals surface area (Å²) < 4.78 is 5.14. The molecule has 7 N–H and O–H groups in total. The normalized spacial score (nSPS) is 10.8. The molecule has 8 heteroatoms. The third-order valence-electron chi connectivity index (χ3n) is 3.07. The Morgan fingerprint density at radius 3 is 2.28 bits per heavy atom. The third kappa shape index (κ3) is 6.61. The molecule has 0 unspecified atom stereocenters. The van der Waals surface area contributed by atoms with Crippen LogP contribution in [0.15, 0.2) is 64.6 Å². The second-order valence-corrected chi connectivity index (χ2v) is 5.09. The topological polar surface area (TPSA) is 141 Å². The highest BCUT2D eigenvalue weighted by atomic mass is 16.5. The lowest BCUT2D eigenvalue weighted by molar-refractivity contribution is 0.139. The molecule has 0 saturated heterocycles. The van der Waals surface area contributed by atoms with Gasteiger partial charge in [-0.1, -0.05) is 42.5 Å². The summed E-state index contributed by atoms with van der Waals surface area (Å²) in [6.07, 6.45) is -0.483. The van der Waals surface area contributed by atoms with Gasteiger partial charge in [0.25, 0.3) is 0 Å². The van der Waals surface area contributed by atoms with Gasteiger partial charge in [0.15, 0.2) is 5.96 Å². The van der Waals surface area contributed by atoms with Gasteiger partial charge in [-0.3, -0.25) is 0 Å². The average molecular weight is 340 g/mol. The zero-order chi connectivity index (χ0) is 18.1. The van der Waals surface area contributed by atoms with Gasteiger partial charge in [0.05, 0.1) is 5.69 Å². The third-order valence-corrected chi connectivity index (χ3v) is 3.07. The standard InChI is InChI=1S/C17H20N6O2/c18-15(19)23-16(20)22-14-8-6-12(7-9-14)10-21-17(24)25-11-13-4-2-1-3-5-13/h1-9H,10-11H2,(H,21,24)(H6,18,19,20,22,23). The highest BCUT2D eigenvalue weighted by Crippen LogP contribution is 2.13. The van der Waals surface area contributed by atoms with Crippen LogP contribution >= 0.6 is 0 Å². The molecular weight excluding hydrogens is 320 g/mol. The van der Waals surface area contributed by atoms with E-state index in [-0.39, 0.29) is 18.5 Å². The Balaban J connectivity index is 1.81. The van der Waals surface area contributed by atoms with Crippen molar-refractivity contribution in [3.63, 3.8) is 0 Å². The van der Waals surface area contributed by atoms with Crippen molar-refractivity contribution in [3.8, 4) is 0 Å². The Kier molecular flexibility index (Phi) is 6.35. The van der Waals surface area contributed by atoms with Crippen LogP contribution in [0.2, 0.25) is 0 Å². The first-order chi connectivity index (χ1) is 12.0. The lowest BCUT2D eigenvalue weighted by Crippen LogP contribution is -2.26. The van der Waals surface area contributed by atoms with E-state index in [1.54, 1.807) is 24.3 Å². The zero-order valence-electron chi connectivity index (χ0n) is 13.6. The molecular formula is C17H20N6O2. The highest BCUT2D eigenvalue weighted by molar-refractivity contribution is 5.93. The second-order valence-electron chi connectivity index (χ2n) is 5.09. The van der Waals surface area contributed by atoms with E-state index in [4.69, 9.17) is 21.9 Å². The maximum atomic E-state index is 11.7. The molecule has 2 aromatic carbocycles. The number of rotatable bonds is 5. The summed E-state index contributed by atoms with van der Waals surface area (Å²) in [6.45, 7) is 0.561. The Hall–Kier alpha value is -3.55. The molecule has 1 amide bonds. The number of carbonyl (C=O) groups excluding carboxylic acids is 1. The predicted molar refractivity (Wildman–Crippen MR) is 97.0 cm³/mol. The van der Waals surface area contributed by atoms with Crippen LogP contribution in [0.1, 0.15) is 11.1 Å². The Labute approximate surface area is 145 Å². The van der Waals surface area contributed by atoms with Crippen molar-refractivity contribution in [3.05, 3.63) is 65.7 Å². The number of guanidine groups is 2. The smallest absolute Gasteiger partial charge is 0.407 e. The Bertz CT molecular complexity index is 752. The summed E-state index contributed by atoms with van der Waals surface area (Å²) in [5, 5.41) is 2.68. The minimum atomic E-state index is -0.483. The molecule has 0 aliphatic heterocycles. The van der Waals surface area contributed by atoms with Gasteiger partial charge in [-0.2, -0.15) is 4.99 Å². The van der Waals surface area contributed by atoms with Gasteiger partial charge in [0.1, 0.15) is 6.61 Å². The van der Waals surface area contributed by atoms with Crippen LogP contribution in [0.5, 0.6) is 0 Å². The summed E-state index contributed by atoms with van der Waals surface area (Å²) >= 11 is 0. The summed E-state index contributed by atoms with van der Waals surface area (Å²) in [5.74, 6) is -0.188. The Morgan fingerprint density at radius 2 is 1.64 bits per heavy atom. The van der Waals surface area contributed by atoms with Gasteiger partial charge in [0.2, 0.25) is 5.96 Å². The van der Waals surface area contributed by atoms with Crippen molar-refractivity contribution in [2.75, 3.05) is 0 Å². The molecule has 0 heterocycles. The molecule has 0 aliphatic rings. The van der Waals surface area contributed by atoms with Gasteiger partial charge >= 0.3 is 6.09 Å². The van der Waals surface area contributed by atoms with Crippen LogP contribution in [-0.4, -0.2) is 18.0 Å². The average Bonchev–Trinajstić information content (AvgIpc) is 2.59. The van der Waals surface area contributed by atoms with E-state index in [2.05, 4.69) is 15.3 Å². The maximum absolute atomic E-state index is 11.7. The van der Waals surface area contributed by atoms with E-state index in [0.29, 0.717) is 12.2 Å². The van der Waals surface area contributed by atoms with Crippen molar-refractivity contribution in [2.24, 2.45) is 27.2 Å². The number of nitrogens with zero attached hydrogens (tertiary/aromatic N) is 2. The van der Waals surface area contributed by atoms with Crippen LogP contribution in [0.4, 0.5) is 10.5 Å². The van der Waals surface area contributed by atoms with Gasteiger partial charge in [-0.05, 0) is 23.3 Å². The number of carbonyl (C=O) groups is 1. The minimum Gasteiger partial charge on any atom is -0.445 e. The lowest BCUT2D eigenvalue weighted by Gasteiger charge is -2.07. The summed E-state index contributed by atoms with van der Waals surface area (Å²) in [5.41, 5.74) is 18.4. The number of hydrogen-bond acceptors (Lipinski definition) is 3. The van der Waals surface area contributed by atoms with Crippen LogP contribution in [0, 0.1) is 0 Å². The molecule has 0 aromatic heterocycles. The number of ether oxygens (including phenoxy) is 1. The van der Waals surface area contributed by atoms with Gasteiger partial charge in [-0.25, -0.2) is 9.79 Å². The number of hydrogen-bond donors (Lipinski definition) is 4. The predicted octanol–water partition coefficient (Wildman–Crippen LogP) is 1.33. The summed E-state index contributed by atoms with van der Waals surface area (Å²) in [4.78, 5) is 19.4. The molecule has 2 rings (SSSR count). The summed E-state index contributed by atoms with van der Waals surface area (Å²) in [6, 6.07) is 16.5.